The highest BCUT2D eigenvalue weighted by molar-refractivity contribution is 7.89. The van der Waals surface area contributed by atoms with Gasteiger partial charge in [-0.05, 0) is 31.0 Å². The molecule has 0 atom stereocenters. The van der Waals surface area contributed by atoms with Crippen LogP contribution in [0.15, 0.2) is 23.1 Å². The first-order chi connectivity index (χ1) is 8.99. The molecule has 5 nitrogen and oxygen atoms in total. The van der Waals surface area contributed by atoms with Gasteiger partial charge in [-0.2, -0.15) is 0 Å². The van der Waals surface area contributed by atoms with E-state index in [0.717, 1.165) is 0 Å². The first-order valence-corrected chi connectivity index (χ1v) is 7.78. The Bertz CT molecular complexity index is 504. The molecule has 0 saturated carbocycles. The van der Waals surface area contributed by atoms with Crippen molar-refractivity contribution in [3.8, 4) is 0 Å². The highest BCUT2D eigenvalue weighted by Gasteiger charge is 2.17. The molecule has 0 radical (unpaired) electrons. The first kappa shape index (κ1) is 16.4. The lowest BCUT2D eigenvalue weighted by molar-refractivity contribution is 0.0913. The zero-order valence-corrected chi connectivity index (χ0v) is 12.3. The summed E-state index contributed by atoms with van der Waals surface area (Å²) in [4.78, 5) is 0.191. The van der Waals surface area contributed by atoms with Gasteiger partial charge in [-0.25, -0.2) is 13.1 Å². The average Bonchev–Trinajstić information content (AvgIpc) is 2.36. The van der Waals surface area contributed by atoms with Gasteiger partial charge in [0, 0.05) is 18.2 Å². The van der Waals surface area contributed by atoms with Crippen LogP contribution in [0.1, 0.15) is 12.0 Å². The second kappa shape index (κ2) is 7.81. The summed E-state index contributed by atoms with van der Waals surface area (Å²) in [5.41, 5.74) is 0.535. The number of rotatable bonds is 8. The van der Waals surface area contributed by atoms with Crippen molar-refractivity contribution in [2.75, 3.05) is 26.4 Å². The topological polar surface area (TPSA) is 75.6 Å². The van der Waals surface area contributed by atoms with Gasteiger partial charge in [0.1, 0.15) is 0 Å². The van der Waals surface area contributed by atoms with Crippen LogP contribution in [-0.4, -0.2) is 39.9 Å². The van der Waals surface area contributed by atoms with Crippen LogP contribution in [0.5, 0.6) is 0 Å². The number of nitrogens with one attached hydrogen (secondary N) is 1. The van der Waals surface area contributed by atoms with Crippen LogP contribution in [0, 0.1) is 6.92 Å². The van der Waals surface area contributed by atoms with Crippen LogP contribution >= 0.6 is 11.6 Å². The van der Waals surface area contributed by atoms with E-state index < -0.39 is 10.0 Å². The van der Waals surface area contributed by atoms with Crippen LogP contribution in [0.2, 0.25) is 5.02 Å². The molecule has 0 unspecified atom stereocenters. The van der Waals surface area contributed by atoms with E-state index in [0.29, 0.717) is 23.6 Å². The van der Waals surface area contributed by atoms with Gasteiger partial charge in [0.15, 0.2) is 0 Å². The van der Waals surface area contributed by atoms with E-state index in [-0.39, 0.29) is 24.7 Å². The van der Waals surface area contributed by atoms with Crippen molar-refractivity contribution in [2.24, 2.45) is 0 Å². The van der Waals surface area contributed by atoms with Gasteiger partial charge in [0.2, 0.25) is 10.0 Å². The molecule has 108 valence electrons. The quantitative estimate of drug-likeness (QED) is 0.710. The van der Waals surface area contributed by atoms with Crippen LogP contribution in [0.3, 0.4) is 0 Å². The van der Waals surface area contributed by atoms with Crippen molar-refractivity contribution in [1.29, 1.82) is 0 Å². The molecule has 19 heavy (non-hydrogen) atoms. The lowest BCUT2D eigenvalue weighted by Crippen LogP contribution is -2.26. The Labute approximate surface area is 118 Å². The Morgan fingerprint density at radius 1 is 1.37 bits per heavy atom. The largest absolute Gasteiger partial charge is 0.394 e. The predicted octanol–water partition coefficient (Wildman–Crippen LogP) is 1.33. The highest BCUT2D eigenvalue weighted by Crippen LogP contribution is 2.22. The van der Waals surface area contributed by atoms with E-state index in [4.69, 9.17) is 21.4 Å². The molecule has 0 spiro atoms. The average molecular weight is 308 g/mol. The van der Waals surface area contributed by atoms with Gasteiger partial charge >= 0.3 is 0 Å². The molecule has 0 aliphatic rings. The maximum Gasteiger partial charge on any atom is 0.240 e. The second-order valence-corrected chi connectivity index (χ2v) is 6.09. The molecule has 0 bridgehead atoms. The van der Waals surface area contributed by atoms with Crippen LogP contribution in [0.25, 0.3) is 0 Å². The Kier molecular flexibility index (Phi) is 6.74. The third kappa shape index (κ3) is 5.08. The summed E-state index contributed by atoms with van der Waals surface area (Å²) in [6.07, 6.45) is 0.541. The maximum absolute atomic E-state index is 12.0. The van der Waals surface area contributed by atoms with Gasteiger partial charge < -0.3 is 9.84 Å². The number of hydrogen-bond donors (Lipinski definition) is 2. The number of hydrogen-bond acceptors (Lipinski definition) is 4. The molecule has 0 aromatic heterocycles. The lowest BCUT2D eigenvalue weighted by Gasteiger charge is -2.10. The molecule has 7 heteroatoms. The minimum atomic E-state index is -3.55. The molecule has 0 aliphatic heterocycles. The summed E-state index contributed by atoms with van der Waals surface area (Å²) in [7, 11) is -3.55. The van der Waals surface area contributed by atoms with Crippen LogP contribution < -0.4 is 4.72 Å². The number of aliphatic hydroxyl groups is 1. The SMILES string of the molecule is Cc1c(Cl)cccc1S(=O)(=O)NCCCOCCO. The van der Waals surface area contributed by atoms with Crippen molar-refractivity contribution in [3.63, 3.8) is 0 Å². The minimum Gasteiger partial charge on any atom is -0.394 e. The normalized spacial score (nSPS) is 11.7. The number of benzene rings is 1. The Morgan fingerprint density at radius 3 is 2.79 bits per heavy atom. The van der Waals surface area contributed by atoms with Gasteiger partial charge in [0.25, 0.3) is 0 Å². The molecule has 0 amide bonds. The van der Waals surface area contributed by atoms with E-state index in [1.165, 1.54) is 6.07 Å². The van der Waals surface area contributed by atoms with E-state index in [1.54, 1.807) is 19.1 Å². The molecule has 0 heterocycles. The summed E-state index contributed by atoms with van der Waals surface area (Å²) in [5, 5.41) is 8.93. The summed E-state index contributed by atoms with van der Waals surface area (Å²) < 4.78 is 31.6. The zero-order valence-electron chi connectivity index (χ0n) is 10.7. The predicted molar refractivity (Wildman–Crippen MR) is 73.9 cm³/mol. The Morgan fingerprint density at radius 2 is 2.11 bits per heavy atom. The maximum atomic E-state index is 12.0. The fourth-order valence-corrected chi connectivity index (χ4v) is 3.07. The third-order valence-corrected chi connectivity index (χ3v) is 4.52. The van der Waals surface area contributed by atoms with Crippen LogP contribution in [-0.2, 0) is 14.8 Å². The van der Waals surface area contributed by atoms with Gasteiger partial charge in [-0.3, -0.25) is 0 Å². The summed E-state index contributed by atoms with van der Waals surface area (Å²) in [6, 6.07) is 4.78. The first-order valence-electron chi connectivity index (χ1n) is 5.92. The van der Waals surface area contributed by atoms with E-state index in [1.807, 2.05) is 0 Å². The lowest BCUT2D eigenvalue weighted by atomic mass is 10.2. The Balaban J connectivity index is 2.54. The van der Waals surface area contributed by atoms with E-state index >= 15 is 0 Å². The molecule has 1 rings (SSSR count). The van der Waals surface area contributed by atoms with Crippen molar-refractivity contribution in [2.45, 2.75) is 18.2 Å². The highest BCUT2D eigenvalue weighted by atomic mass is 35.5. The fraction of sp³-hybridized carbons (Fsp3) is 0.500. The summed E-state index contributed by atoms with van der Waals surface area (Å²) in [5.74, 6) is 0. The number of sulfonamides is 1. The van der Waals surface area contributed by atoms with Crippen molar-refractivity contribution < 1.29 is 18.3 Å². The van der Waals surface area contributed by atoms with Gasteiger partial charge in [-0.1, -0.05) is 17.7 Å². The smallest absolute Gasteiger partial charge is 0.240 e. The minimum absolute atomic E-state index is 0.0343. The molecular formula is C12H18ClNO4S. The monoisotopic (exact) mass is 307 g/mol. The van der Waals surface area contributed by atoms with E-state index in [2.05, 4.69) is 4.72 Å². The number of halogens is 1. The third-order valence-electron chi connectivity index (χ3n) is 2.50. The van der Waals surface area contributed by atoms with Crippen LogP contribution in [0.4, 0.5) is 0 Å². The van der Waals surface area contributed by atoms with Crippen molar-refractivity contribution in [3.05, 3.63) is 28.8 Å². The molecule has 2 N–H and O–H groups in total. The fourth-order valence-electron chi connectivity index (χ4n) is 1.50. The number of aliphatic hydroxyl groups excluding tert-OH is 1. The second-order valence-electron chi connectivity index (χ2n) is 3.95. The number of ether oxygens (including phenoxy) is 1. The molecule has 0 aliphatic carbocycles. The Hall–Kier alpha value is -0.660. The van der Waals surface area contributed by atoms with Gasteiger partial charge in [0.05, 0.1) is 18.1 Å². The summed E-state index contributed by atoms with van der Waals surface area (Å²) >= 11 is 5.90. The van der Waals surface area contributed by atoms with Gasteiger partial charge in [-0.15, -0.1) is 0 Å². The molecule has 1 aromatic rings. The molecule has 0 saturated heterocycles. The molecular weight excluding hydrogens is 290 g/mol. The van der Waals surface area contributed by atoms with Crippen molar-refractivity contribution >= 4 is 21.6 Å². The molecule has 0 fully saturated rings. The molecule has 1 aromatic carbocycles. The summed E-state index contributed by atoms with van der Waals surface area (Å²) in [6.45, 7) is 2.58. The van der Waals surface area contributed by atoms with E-state index in [9.17, 15) is 8.42 Å². The zero-order chi connectivity index (χ0) is 14.3. The standard InChI is InChI=1S/C12H18ClNO4S/c1-10-11(13)4-2-5-12(10)19(16,17)14-6-3-8-18-9-7-15/h2,4-5,14-15H,3,6-9H2,1H3. The van der Waals surface area contributed by atoms with Crippen molar-refractivity contribution in [1.82, 2.24) is 4.72 Å².